The number of hydrogen-bond donors (Lipinski definition) is 1. The molecule has 0 bridgehead atoms. The molecule has 2 aliphatic rings. The van der Waals surface area contributed by atoms with Crippen molar-refractivity contribution in [3.05, 3.63) is 54.1 Å². The average molecular weight is 428 g/mol. The molecule has 2 heterocycles. The fourth-order valence-corrected chi connectivity index (χ4v) is 5.70. The van der Waals surface area contributed by atoms with Crippen molar-refractivity contribution in [2.24, 2.45) is 5.92 Å². The summed E-state index contributed by atoms with van der Waals surface area (Å²) < 4.78 is 38.7. The molecule has 1 N–H and O–H groups in total. The van der Waals surface area contributed by atoms with Gasteiger partial charge in [0.25, 0.3) is 0 Å². The summed E-state index contributed by atoms with van der Waals surface area (Å²) in [6, 6.07) is 13.3. The highest BCUT2D eigenvalue weighted by atomic mass is 32.2. The summed E-state index contributed by atoms with van der Waals surface area (Å²) in [5, 5.41) is 18.5. The minimum atomic E-state index is -3.99. The van der Waals surface area contributed by atoms with E-state index in [0.717, 1.165) is 4.31 Å². The van der Waals surface area contributed by atoms with Gasteiger partial charge < -0.3 is 14.6 Å². The van der Waals surface area contributed by atoms with Crippen LogP contribution in [0.1, 0.15) is 18.4 Å². The van der Waals surface area contributed by atoms with Crippen LogP contribution >= 0.6 is 0 Å². The average Bonchev–Trinajstić information content (AvgIpc) is 3.22. The number of fused-ring (bicyclic) bond motifs is 1. The van der Waals surface area contributed by atoms with Crippen LogP contribution in [0.5, 0.6) is 11.5 Å². The molecule has 0 spiro atoms. The second kappa shape index (κ2) is 8.07. The first-order valence-electron chi connectivity index (χ1n) is 9.54. The highest BCUT2D eigenvalue weighted by Crippen LogP contribution is 2.37. The second-order valence-corrected chi connectivity index (χ2v) is 9.15. The quantitative estimate of drug-likeness (QED) is 0.778. The molecule has 0 aliphatic carbocycles. The summed E-state index contributed by atoms with van der Waals surface area (Å²) in [5.41, 5.74) is 0.508. The van der Waals surface area contributed by atoms with E-state index in [4.69, 9.17) is 14.7 Å². The number of nitrogens with zero attached hydrogens (tertiary/aromatic N) is 2. The van der Waals surface area contributed by atoms with Gasteiger partial charge >= 0.3 is 5.97 Å². The van der Waals surface area contributed by atoms with Crippen LogP contribution in [0, 0.1) is 17.2 Å². The van der Waals surface area contributed by atoms with Crippen LogP contribution < -0.4 is 4.74 Å². The van der Waals surface area contributed by atoms with Gasteiger partial charge in [0.05, 0.1) is 22.6 Å². The Kier molecular flexibility index (Phi) is 5.47. The fourth-order valence-electron chi connectivity index (χ4n) is 4.06. The molecule has 3 atom stereocenters. The number of carbonyl (C=O) groups is 1. The number of aliphatic carboxylic acids is 1. The van der Waals surface area contributed by atoms with E-state index in [2.05, 4.69) is 0 Å². The number of sulfonamides is 1. The predicted molar refractivity (Wildman–Crippen MR) is 105 cm³/mol. The van der Waals surface area contributed by atoms with Crippen LogP contribution in [0.4, 0.5) is 0 Å². The maximum Gasteiger partial charge on any atom is 0.322 e. The molecule has 0 radical (unpaired) electrons. The zero-order valence-corrected chi connectivity index (χ0v) is 16.8. The number of carboxylic acid groups (broad SMARTS) is 1. The van der Waals surface area contributed by atoms with Crippen LogP contribution in [0.3, 0.4) is 0 Å². The molecule has 156 valence electrons. The monoisotopic (exact) mass is 428 g/mol. The number of piperidine rings is 1. The molecule has 3 unspecified atom stereocenters. The first-order valence-corrected chi connectivity index (χ1v) is 11.0. The zero-order valence-electron chi connectivity index (χ0n) is 16.0. The van der Waals surface area contributed by atoms with Crippen LogP contribution in [-0.2, 0) is 19.6 Å². The number of hydrogen-bond acceptors (Lipinski definition) is 6. The van der Waals surface area contributed by atoms with Crippen molar-refractivity contribution in [1.29, 1.82) is 5.26 Å². The molecule has 2 aromatic rings. The first-order chi connectivity index (χ1) is 14.4. The number of carboxylic acids is 1. The van der Waals surface area contributed by atoms with Crippen molar-refractivity contribution in [3.8, 4) is 17.6 Å². The molecule has 4 rings (SSSR count). The molecule has 2 aromatic carbocycles. The van der Waals surface area contributed by atoms with Crippen LogP contribution in [0.2, 0.25) is 0 Å². The van der Waals surface area contributed by atoms with E-state index in [1.54, 1.807) is 24.3 Å². The summed E-state index contributed by atoms with van der Waals surface area (Å²) in [6.07, 6.45) is 0.805. The van der Waals surface area contributed by atoms with Crippen LogP contribution in [0.25, 0.3) is 0 Å². The minimum absolute atomic E-state index is 0.0123. The number of benzene rings is 2. The number of ether oxygens (including phenoxy) is 2. The molecular weight excluding hydrogens is 408 g/mol. The van der Waals surface area contributed by atoms with Crippen molar-refractivity contribution in [1.82, 2.24) is 4.31 Å². The molecule has 30 heavy (non-hydrogen) atoms. The van der Waals surface area contributed by atoms with Crippen molar-refractivity contribution in [2.45, 2.75) is 29.9 Å². The van der Waals surface area contributed by atoms with Gasteiger partial charge in [0.2, 0.25) is 10.0 Å². The molecule has 2 fully saturated rings. The van der Waals surface area contributed by atoms with Crippen molar-refractivity contribution >= 4 is 16.0 Å². The molecule has 0 saturated carbocycles. The normalized spacial score (nSPS) is 24.0. The molecule has 0 aromatic heterocycles. The van der Waals surface area contributed by atoms with E-state index in [1.807, 2.05) is 6.07 Å². The molecule has 8 nitrogen and oxygen atoms in total. The lowest BCUT2D eigenvalue weighted by Gasteiger charge is -2.38. The van der Waals surface area contributed by atoms with E-state index in [9.17, 15) is 18.3 Å². The van der Waals surface area contributed by atoms with Gasteiger partial charge in [0.15, 0.2) is 0 Å². The van der Waals surface area contributed by atoms with Gasteiger partial charge in [0, 0.05) is 19.1 Å². The third-order valence-corrected chi connectivity index (χ3v) is 7.41. The van der Waals surface area contributed by atoms with E-state index >= 15 is 0 Å². The molecule has 9 heteroatoms. The lowest BCUT2D eigenvalue weighted by Crippen LogP contribution is -2.55. The van der Waals surface area contributed by atoms with Gasteiger partial charge in [-0.1, -0.05) is 0 Å². The minimum Gasteiger partial charge on any atom is -0.480 e. The first kappa shape index (κ1) is 20.3. The third-order valence-electron chi connectivity index (χ3n) is 5.51. The molecule has 2 aliphatic heterocycles. The molecular formula is C21H20N2O6S. The third kappa shape index (κ3) is 3.77. The maximum absolute atomic E-state index is 13.2. The van der Waals surface area contributed by atoms with Gasteiger partial charge in [-0.2, -0.15) is 9.57 Å². The Morgan fingerprint density at radius 2 is 1.73 bits per heavy atom. The second-order valence-electron chi connectivity index (χ2n) is 7.26. The summed E-state index contributed by atoms with van der Waals surface area (Å²) in [5.74, 6) is -0.556. The Bertz CT molecular complexity index is 1080. The Labute approximate surface area is 174 Å². The summed E-state index contributed by atoms with van der Waals surface area (Å²) in [4.78, 5) is 11.9. The van der Waals surface area contributed by atoms with Gasteiger partial charge in [0.1, 0.15) is 17.5 Å². The van der Waals surface area contributed by atoms with Crippen molar-refractivity contribution in [3.63, 3.8) is 0 Å². The van der Waals surface area contributed by atoms with E-state index in [1.165, 1.54) is 24.3 Å². The SMILES string of the molecule is N#Cc1ccc(Oc2ccc(S(=O)(=O)N3CCC4OCCC4C3C(=O)O)cc2)cc1. The Balaban J connectivity index is 1.55. The smallest absolute Gasteiger partial charge is 0.322 e. The van der Waals surface area contributed by atoms with Gasteiger partial charge in [-0.25, -0.2) is 8.42 Å². The topological polar surface area (TPSA) is 117 Å². The van der Waals surface area contributed by atoms with E-state index < -0.39 is 22.0 Å². The van der Waals surface area contributed by atoms with E-state index in [-0.39, 0.29) is 23.5 Å². The number of nitriles is 1. The van der Waals surface area contributed by atoms with Gasteiger partial charge in [-0.15, -0.1) is 0 Å². The largest absolute Gasteiger partial charge is 0.480 e. The standard InChI is InChI=1S/C21H20N2O6S/c22-13-14-1-3-15(4-2-14)29-16-5-7-17(8-6-16)30(26,27)23-11-9-19-18(10-12-28-19)20(23)21(24)25/h1-8,18-20H,9-12H2,(H,24,25). The lowest BCUT2D eigenvalue weighted by molar-refractivity contribution is -0.146. The Hall–Kier alpha value is -2.93. The Morgan fingerprint density at radius 3 is 2.33 bits per heavy atom. The van der Waals surface area contributed by atoms with Crippen molar-refractivity contribution < 1.29 is 27.8 Å². The van der Waals surface area contributed by atoms with Crippen molar-refractivity contribution in [2.75, 3.05) is 13.2 Å². The van der Waals surface area contributed by atoms with Gasteiger partial charge in [-0.3, -0.25) is 4.79 Å². The highest BCUT2D eigenvalue weighted by molar-refractivity contribution is 7.89. The highest BCUT2D eigenvalue weighted by Gasteiger charge is 2.49. The lowest BCUT2D eigenvalue weighted by atomic mass is 9.88. The summed E-state index contributed by atoms with van der Waals surface area (Å²) >= 11 is 0. The maximum atomic E-state index is 13.2. The van der Waals surface area contributed by atoms with Crippen LogP contribution in [0.15, 0.2) is 53.4 Å². The fraction of sp³-hybridized carbons (Fsp3) is 0.333. The van der Waals surface area contributed by atoms with Crippen LogP contribution in [-0.4, -0.2) is 49.1 Å². The predicted octanol–water partition coefficient (Wildman–Crippen LogP) is 2.60. The molecule has 2 saturated heterocycles. The van der Waals surface area contributed by atoms with E-state index in [0.29, 0.717) is 36.5 Å². The summed E-state index contributed by atoms with van der Waals surface area (Å²) in [6.45, 7) is 0.554. The van der Waals surface area contributed by atoms with Gasteiger partial charge in [-0.05, 0) is 61.4 Å². The Morgan fingerprint density at radius 1 is 1.10 bits per heavy atom. The zero-order chi connectivity index (χ0) is 21.3. The summed E-state index contributed by atoms with van der Waals surface area (Å²) in [7, 11) is -3.99. The molecule has 0 amide bonds. The number of rotatable bonds is 5.